The summed E-state index contributed by atoms with van der Waals surface area (Å²) in [7, 11) is 0. The zero-order valence-electron chi connectivity index (χ0n) is 13.0. The molecule has 1 saturated heterocycles. The molecule has 1 aliphatic heterocycles. The average molecular weight is 333 g/mol. The van der Waals surface area contributed by atoms with Crippen LogP contribution in [0.3, 0.4) is 0 Å². The molecule has 3 rings (SSSR count). The van der Waals surface area contributed by atoms with Crippen LogP contribution >= 0.6 is 23.4 Å². The molecule has 21 heavy (non-hydrogen) atoms. The highest BCUT2D eigenvalue weighted by molar-refractivity contribution is 7.99. The maximum atomic E-state index is 6.17. The van der Waals surface area contributed by atoms with Gasteiger partial charge in [-0.15, -0.1) is 11.6 Å². The zero-order chi connectivity index (χ0) is 14.5. The lowest BCUT2D eigenvalue weighted by Gasteiger charge is -2.36. The van der Waals surface area contributed by atoms with Gasteiger partial charge in [-0.05, 0) is 50.2 Å². The molecular formula is C17H29ClO2S. The van der Waals surface area contributed by atoms with E-state index in [1.54, 1.807) is 0 Å². The van der Waals surface area contributed by atoms with Gasteiger partial charge >= 0.3 is 0 Å². The second kappa shape index (κ2) is 8.42. The first-order valence-corrected chi connectivity index (χ1v) is 10.3. The number of hydrogen-bond acceptors (Lipinski definition) is 3. The normalized spacial score (nSPS) is 39.3. The summed E-state index contributed by atoms with van der Waals surface area (Å²) in [5, 5.41) is 0.974. The van der Waals surface area contributed by atoms with Crippen molar-refractivity contribution in [3.63, 3.8) is 0 Å². The number of rotatable bonds is 4. The van der Waals surface area contributed by atoms with Crippen molar-refractivity contribution in [1.29, 1.82) is 0 Å². The van der Waals surface area contributed by atoms with Gasteiger partial charge in [0.05, 0.1) is 18.5 Å². The molecule has 0 N–H and O–H groups in total. The lowest BCUT2D eigenvalue weighted by atomic mass is 9.88. The van der Waals surface area contributed by atoms with Gasteiger partial charge in [-0.3, -0.25) is 0 Å². The van der Waals surface area contributed by atoms with Gasteiger partial charge in [0.1, 0.15) is 0 Å². The molecule has 2 saturated carbocycles. The van der Waals surface area contributed by atoms with Crippen LogP contribution < -0.4 is 0 Å². The van der Waals surface area contributed by atoms with E-state index in [4.69, 9.17) is 21.1 Å². The molecule has 3 fully saturated rings. The molecule has 2 aliphatic carbocycles. The summed E-state index contributed by atoms with van der Waals surface area (Å²) < 4.78 is 12.0. The molecule has 0 aromatic carbocycles. The summed E-state index contributed by atoms with van der Waals surface area (Å²) >= 11 is 8.23. The van der Waals surface area contributed by atoms with Gasteiger partial charge in [-0.2, -0.15) is 11.8 Å². The third kappa shape index (κ3) is 5.02. The summed E-state index contributed by atoms with van der Waals surface area (Å²) in [6, 6.07) is 0. The van der Waals surface area contributed by atoms with E-state index in [-0.39, 0.29) is 6.29 Å². The Morgan fingerprint density at radius 2 is 1.52 bits per heavy atom. The number of hydrogen-bond donors (Lipinski definition) is 0. The van der Waals surface area contributed by atoms with E-state index in [9.17, 15) is 0 Å². The second-order valence-electron chi connectivity index (χ2n) is 7.01. The Hall–Kier alpha value is 0.560. The van der Waals surface area contributed by atoms with Crippen molar-refractivity contribution < 1.29 is 9.47 Å². The van der Waals surface area contributed by atoms with E-state index in [2.05, 4.69) is 11.8 Å². The van der Waals surface area contributed by atoms with Crippen molar-refractivity contribution in [1.82, 2.24) is 0 Å². The Kier molecular flexibility index (Phi) is 6.59. The fourth-order valence-electron chi connectivity index (χ4n) is 3.84. The highest BCUT2D eigenvalue weighted by atomic mass is 35.5. The Bertz CT molecular complexity index is 293. The van der Waals surface area contributed by atoms with Crippen molar-refractivity contribution in [3.8, 4) is 0 Å². The van der Waals surface area contributed by atoms with Gasteiger partial charge in [0.15, 0.2) is 6.29 Å². The van der Waals surface area contributed by atoms with Gasteiger partial charge in [0, 0.05) is 11.3 Å². The quantitative estimate of drug-likeness (QED) is 0.686. The Morgan fingerprint density at radius 3 is 2.19 bits per heavy atom. The van der Waals surface area contributed by atoms with Crippen molar-refractivity contribution >= 4 is 23.4 Å². The first-order chi connectivity index (χ1) is 10.3. The predicted molar refractivity (Wildman–Crippen MR) is 90.1 cm³/mol. The number of halogens is 1. The maximum absolute atomic E-state index is 6.17. The monoisotopic (exact) mass is 332 g/mol. The van der Waals surface area contributed by atoms with Crippen molar-refractivity contribution in [2.75, 3.05) is 19.0 Å². The van der Waals surface area contributed by atoms with E-state index >= 15 is 0 Å². The predicted octanol–water partition coefficient (Wildman–Crippen LogP) is 4.84. The Morgan fingerprint density at radius 1 is 0.857 bits per heavy atom. The maximum Gasteiger partial charge on any atom is 0.160 e. The third-order valence-electron chi connectivity index (χ3n) is 5.27. The van der Waals surface area contributed by atoms with E-state index in [0.717, 1.165) is 19.1 Å². The average Bonchev–Trinajstić information content (AvgIpc) is 2.56. The largest absolute Gasteiger partial charge is 0.351 e. The molecule has 0 spiro atoms. The molecule has 0 aromatic rings. The molecule has 0 radical (unpaired) electrons. The van der Waals surface area contributed by atoms with Gasteiger partial charge < -0.3 is 9.47 Å². The van der Waals surface area contributed by atoms with E-state index in [1.807, 2.05) is 0 Å². The SMILES string of the molecule is ClC1CCC(CSC2COC(C3CCCCC3)OC2)CC1. The molecular weight excluding hydrogens is 304 g/mol. The van der Waals surface area contributed by atoms with E-state index in [1.165, 1.54) is 63.5 Å². The number of alkyl halides is 1. The lowest BCUT2D eigenvalue weighted by molar-refractivity contribution is -0.206. The first-order valence-electron chi connectivity index (χ1n) is 8.80. The van der Waals surface area contributed by atoms with Crippen LogP contribution in [0.2, 0.25) is 0 Å². The van der Waals surface area contributed by atoms with Crippen LogP contribution in [-0.2, 0) is 9.47 Å². The van der Waals surface area contributed by atoms with Crippen LogP contribution in [0.4, 0.5) is 0 Å². The molecule has 0 aromatic heterocycles. The molecule has 1 heterocycles. The molecule has 0 unspecified atom stereocenters. The zero-order valence-corrected chi connectivity index (χ0v) is 14.5. The minimum atomic E-state index is 0.0915. The van der Waals surface area contributed by atoms with Crippen LogP contribution in [-0.4, -0.2) is 35.9 Å². The van der Waals surface area contributed by atoms with Gasteiger partial charge in [-0.1, -0.05) is 19.3 Å². The highest BCUT2D eigenvalue weighted by Crippen LogP contribution is 2.34. The fraction of sp³-hybridized carbons (Fsp3) is 1.00. The van der Waals surface area contributed by atoms with Crippen molar-refractivity contribution in [3.05, 3.63) is 0 Å². The molecule has 0 amide bonds. The lowest BCUT2D eigenvalue weighted by Crippen LogP contribution is -2.39. The fourth-order valence-corrected chi connectivity index (χ4v) is 5.32. The molecule has 0 atom stereocenters. The first kappa shape index (κ1) is 16.4. The van der Waals surface area contributed by atoms with Crippen LogP contribution in [0, 0.1) is 11.8 Å². The van der Waals surface area contributed by atoms with Crippen LogP contribution in [0.5, 0.6) is 0 Å². The standard InChI is InChI=1S/C17H29ClO2S/c18-15-8-6-13(7-9-15)12-21-16-10-19-17(20-11-16)14-4-2-1-3-5-14/h13-17H,1-12H2. The molecule has 122 valence electrons. The summed E-state index contributed by atoms with van der Waals surface area (Å²) in [5.41, 5.74) is 0. The Balaban J connectivity index is 1.32. The summed E-state index contributed by atoms with van der Waals surface area (Å²) in [6.45, 7) is 1.77. The van der Waals surface area contributed by atoms with E-state index in [0.29, 0.717) is 16.5 Å². The van der Waals surface area contributed by atoms with Crippen LogP contribution in [0.1, 0.15) is 57.8 Å². The number of thioether (sulfide) groups is 1. The summed E-state index contributed by atoms with van der Waals surface area (Å²) in [5.74, 6) is 2.78. The number of ether oxygens (including phenoxy) is 2. The van der Waals surface area contributed by atoms with Gasteiger partial charge in [0.2, 0.25) is 0 Å². The minimum Gasteiger partial charge on any atom is -0.351 e. The van der Waals surface area contributed by atoms with E-state index < -0.39 is 0 Å². The minimum absolute atomic E-state index is 0.0915. The van der Waals surface area contributed by atoms with Crippen molar-refractivity contribution in [2.45, 2.75) is 74.7 Å². The summed E-state index contributed by atoms with van der Waals surface area (Å²) in [4.78, 5) is 0. The summed E-state index contributed by atoms with van der Waals surface area (Å²) in [6.07, 6.45) is 11.8. The van der Waals surface area contributed by atoms with Gasteiger partial charge in [0.25, 0.3) is 0 Å². The smallest absolute Gasteiger partial charge is 0.160 e. The molecule has 3 aliphatic rings. The van der Waals surface area contributed by atoms with Gasteiger partial charge in [-0.25, -0.2) is 0 Å². The topological polar surface area (TPSA) is 18.5 Å². The molecule has 2 nitrogen and oxygen atoms in total. The van der Waals surface area contributed by atoms with Crippen LogP contribution in [0.15, 0.2) is 0 Å². The third-order valence-corrected chi connectivity index (χ3v) is 7.12. The molecule has 4 heteroatoms. The molecule has 0 bridgehead atoms. The van der Waals surface area contributed by atoms with Crippen LogP contribution in [0.25, 0.3) is 0 Å². The second-order valence-corrected chi connectivity index (χ2v) is 8.96. The highest BCUT2D eigenvalue weighted by Gasteiger charge is 2.30. The van der Waals surface area contributed by atoms with Crippen molar-refractivity contribution in [2.24, 2.45) is 11.8 Å². The Labute approximate surface area is 138 Å².